The molecule has 3 aromatic carbocycles. The molecule has 0 bridgehead atoms. The zero-order valence-corrected chi connectivity index (χ0v) is 15.1. The SMILES string of the molecule is CCCc1ccc(C(=O)Nc2cc(S(=O)(=O)O)c3ccccc3c2)cc1. The van der Waals surface area contributed by atoms with Gasteiger partial charge in [-0.05, 0) is 41.6 Å². The number of anilines is 1. The molecule has 5 nitrogen and oxygen atoms in total. The van der Waals surface area contributed by atoms with Crippen LogP contribution in [0.3, 0.4) is 0 Å². The van der Waals surface area contributed by atoms with Crippen LogP contribution in [0.5, 0.6) is 0 Å². The van der Waals surface area contributed by atoms with E-state index in [0.29, 0.717) is 22.0 Å². The predicted octanol–water partition coefficient (Wildman–Crippen LogP) is 4.29. The van der Waals surface area contributed by atoms with Gasteiger partial charge in [0.25, 0.3) is 16.0 Å². The van der Waals surface area contributed by atoms with Crippen molar-refractivity contribution in [2.75, 3.05) is 5.32 Å². The van der Waals surface area contributed by atoms with E-state index in [1.165, 1.54) is 6.07 Å². The fourth-order valence-corrected chi connectivity index (χ4v) is 3.62. The third-order valence-electron chi connectivity index (χ3n) is 4.11. The molecule has 0 aromatic heterocycles. The summed E-state index contributed by atoms with van der Waals surface area (Å²) in [5.74, 6) is -0.343. The lowest BCUT2D eigenvalue weighted by molar-refractivity contribution is 0.102. The normalized spacial score (nSPS) is 11.5. The molecule has 0 atom stereocenters. The van der Waals surface area contributed by atoms with Crippen molar-refractivity contribution < 1.29 is 17.8 Å². The molecular weight excluding hydrogens is 350 g/mol. The van der Waals surface area contributed by atoms with Gasteiger partial charge in [0.2, 0.25) is 0 Å². The Balaban J connectivity index is 1.94. The van der Waals surface area contributed by atoms with Crippen LogP contribution in [0.25, 0.3) is 10.8 Å². The van der Waals surface area contributed by atoms with Crippen molar-refractivity contribution >= 4 is 32.5 Å². The zero-order chi connectivity index (χ0) is 18.7. The maximum atomic E-state index is 12.5. The second-order valence-electron chi connectivity index (χ2n) is 6.07. The number of nitrogens with one attached hydrogen (secondary N) is 1. The lowest BCUT2D eigenvalue weighted by atomic mass is 10.1. The molecule has 2 N–H and O–H groups in total. The van der Waals surface area contributed by atoms with Gasteiger partial charge >= 0.3 is 0 Å². The molecular formula is C20H19NO4S. The van der Waals surface area contributed by atoms with E-state index in [-0.39, 0.29) is 10.8 Å². The minimum Gasteiger partial charge on any atom is -0.322 e. The van der Waals surface area contributed by atoms with Crippen LogP contribution in [-0.4, -0.2) is 18.9 Å². The molecule has 6 heteroatoms. The summed E-state index contributed by atoms with van der Waals surface area (Å²) in [5, 5.41) is 3.71. The molecule has 3 rings (SSSR count). The number of amides is 1. The molecule has 134 valence electrons. The lowest BCUT2D eigenvalue weighted by Gasteiger charge is -2.10. The second kappa shape index (κ2) is 7.27. The Labute approximate surface area is 152 Å². The Morgan fingerprint density at radius 1 is 1.04 bits per heavy atom. The summed E-state index contributed by atoms with van der Waals surface area (Å²) < 4.78 is 32.9. The average Bonchev–Trinajstić information content (AvgIpc) is 2.61. The van der Waals surface area contributed by atoms with Crippen molar-refractivity contribution in [3.63, 3.8) is 0 Å². The van der Waals surface area contributed by atoms with Crippen molar-refractivity contribution in [3.8, 4) is 0 Å². The quantitative estimate of drug-likeness (QED) is 0.657. The number of aryl methyl sites for hydroxylation is 1. The van der Waals surface area contributed by atoms with Crippen molar-refractivity contribution in [1.29, 1.82) is 0 Å². The van der Waals surface area contributed by atoms with E-state index in [0.717, 1.165) is 18.4 Å². The molecule has 0 spiro atoms. The minimum atomic E-state index is -4.42. The molecule has 0 aliphatic carbocycles. The van der Waals surface area contributed by atoms with Gasteiger partial charge in [-0.25, -0.2) is 0 Å². The van der Waals surface area contributed by atoms with Crippen molar-refractivity contribution in [2.24, 2.45) is 0 Å². The van der Waals surface area contributed by atoms with Crippen LogP contribution in [-0.2, 0) is 16.5 Å². The first-order valence-electron chi connectivity index (χ1n) is 8.29. The molecule has 0 aliphatic rings. The van der Waals surface area contributed by atoms with E-state index < -0.39 is 10.1 Å². The first-order chi connectivity index (χ1) is 12.4. The molecule has 3 aromatic rings. The van der Waals surface area contributed by atoms with Gasteiger partial charge in [0.15, 0.2) is 0 Å². The fourth-order valence-electron chi connectivity index (χ4n) is 2.88. The van der Waals surface area contributed by atoms with Crippen LogP contribution in [0.15, 0.2) is 65.6 Å². The Hall–Kier alpha value is -2.70. The summed E-state index contributed by atoms with van der Waals surface area (Å²) in [6.07, 6.45) is 1.98. The Kier molecular flexibility index (Phi) is 5.06. The highest BCUT2D eigenvalue weighted by molar-refractivity contribution is 7.86. The van der Waals surface area contributed by atoms with Crippen LogP contribution in [0.2, 0.25) is 0 Å². The zero-order valence-electron chi connectivity index (χ0n) is 14.3. The highest BCUT2D eigenvalue weighted by Gasteiger charge is 2.16. The number of benzene rings is 3. The summed E-state index contributed by atoms with van der Waals surface area (Å²) in [5.41, 5.74) is 1.94. The summed E-state index contributed by atoms with van der Waals surface area (Å²) >= 11 is 0. The maximum absolute atomic E-state index is 12.5. The van der Waals surface area contributed by atoms with Crippen LogP contribution >= 0.6 is 0 Å². The van der Waals surface area contributed by atoms with Gasteiger partial charge in [0.1, 0.15) is 4.90 Å². The van der Waals surface area contributed by atoms with Crippen LogP contribution in [0.1, 0.15) is 29.3 Å². The Bertz CT molecular complexity index is 1060. The van der Waals surface area contributed by atoms with Crippen LogP contribution < -0.4 is 5.32 Å². The summed E-state index contributed by atoms with van der Waals surface area (Å²) in [7, 11) is -4.42. The number of fused-ring (bicyclic) bond motifs is 1. The Morgan fingerprint density at radius 2 is 1.73 bits per heavy atom. The number of hydrogen-bond donors (Lipinski definition) is 2. The molecule has 0 aliphatic heterocycles. The van der Waals surface area contributed by atoms with Gasteiger partial charge < -0.3 is 5.32 Å². The maximum Gasteiger partial charge on any atom is 0.295 e. The van der Waals surface area contributed by atoms with Gasteiger partial charge in [0.05, 0.1) is 0 Å². The van der Waals surface area contributed by atoms with Gasteiger partial charge in [-0.15, -0.1) is 0 Å². The van der Waals surface area contributed by atoms with Gasteiger partial charge in [-0.3, -0.25) is 9.35 Å². The summed E-state index contributed by atoms with van der Waals surface area (Å²) in [4.78, 5) is 12.2. The van der Waals surface area contributed by atoms with E-state index in [9.17, 15) is 17.8 Å². The largest absolute Gasteiger partial charge is 0.322 e. The number of rotatable bonds is 5. The predicted molar refractivity (Wildman–Crippen MR) is 102 cm³/mol. The fraction of sp³-hybridized carbons (Fsp3) is 0.150. The second-order valence-corrected chi connectivity index (χ2v) is 7.46. The smallest absolute Gasteiger partial charge is 0.295 e. The van der Waals surface area contributed by atoms with Gasteiger partial charge in [-0.1, -0.05) is 49.7 Å². The van der Waals surface area contributed by atoms with E-state index in [1.807, 2.05) is 12.1 Å². The van der Waals surface area contributed by atoms with Gasteiger partial charge in [0, 0.05) is 16.6 Å². The van der Waals surface area contributed by atoms with E-state index >= 15 is 0 Å². The van der Waals surface area contributed by atoms with Crippen LogP contribution in [0, 0.1) is 0 Å². The number of carbonyl (C=O) groups excluding carboxylic acids is 1. The number of carbonyl (C=O) groups is 1. The molecule has 1 amide bonds. The molecule has 26 heavy (non-hydrogen) atoms. The molecule has 0 radical (unpaired) electrons. The van der Waals surface area contributed by atoms with Crippen molar-refractivity contribution in [1.82, 2.24) is 0 Å². The molecule has 0 unspecified atom stereocenters. The average molecular weight is 369 g/mol. The standard InChI is InChI=1S/C20H19NO4S/c1-2-5-14-8-10-15(11-9-14)20(22)21-17-12-16-6-3-4-7-18(16)19(13-17)26(23,24)25/h3-4,6-13H,2,5H2,1H3,(H,21,22)(H,23,24,25). The third kappa shape index (κ3) is 3.92. The highest BCUT2D eigenvalue weighted by atomic mass is 32.2. The summed E-state index contributed by atoms with van der Waals surface area (Å²) in [6.45, 7) is 2.09. The van der Waals surface area contributed by atoms with E-state index in [2.05, 4.69) is 12.2 Å². The first-order valence-corrected chi connectivity index (χ1v) is 9.73. The van der Waals surface area contributed by atoms with Crippen molar-refractivity contribution in [2.45, 2.75) is 24.7 Å². The van der Waals surface area contributed by atoms with Crippen molar-refractivity contribution in [3.05, 3.63) is 71.8 Å². The minimum absolute atomic E-state index is 0.232. The molecule has 0 saturated heterocycles. The van der Waals surface area contributed by atoms with Crippen LogP contribution in [0.4, 0.5) is 5.69 Å². The first kappa shape index (κ1) is 18.1. The Morgan fingerprint density at radius 3 is 2.38 bits per heavy atom. The summed E-state index contributed by atoms with van der Waals surface area (Å²) in [6, 6.07) is 17.0. The monoisotopic (exact) mass is 369 g/mol. The van der Waals surface area contributed by atoms with E-state index in [1.54, 1.807) is 42.5 Å². The lowest BCUT2D eigenvalue weighted by Crippen LogP contribution is -2.12. The topological polar surface area (TPSA) is 83.5 Å². The molecule has 0 saturated carbocycles. The van der Waals surface area contributed by atoms with Gasteiger partial charge in [-0.2, -0.15) is 8.42 Å². The molecule has 0 heterocycles. The molecule has 0 fully saturated rings. The number of hydrogen-bond acceptors (Lipinski definition) is 3. The van der Waals surface area contributed by atoms with E-state index in [4.69, 9.17) is 0 Å². The highest BCUT2D eigenvalue weighted by Crippen LogP contribution is 2.27. The third-order valence-corrected chi connectivity index (χ3v) is 5.01.